The number of hydrogen-bond acceptors (Lipinski definition) is 4. The highest BCUT2D eigenvalue weighted by molar-refractivity contribution is 5.39. The maximum Gasteiger partial charge on any atom is 0.123 e. The van der Waals surface area contributed by atoms with Crippen LogP contribution in [-0.4, -0.2) is 42.3 Å². The van der Waals surface area contributed by atoms with Gasteiger partial charge in [-0.2, -0.15) is 0 Å². The van der Waals surface area contributed by atoms with E-state index in [2.05, 4.69) is 37.9 Å². The van der Waals surface area contributed by atoms with Crippen LogP contribution in [0.15, 0.2) is 18.2 Å². The Morgan fingerprint density at radius 1 is 1.20 bits per heavy atom. The van der Waals surface area contributed by atoms with Gasteiger partial charge >= 0.3 is 0 Å². The lowest BCUT2D eigenvalue weighted by Gasteiger charge is -2.30. The minimum atomic E-state index is 0.279. The van der Waals surface area contributed by atoms with Crippen molar-refractivity contribution >= 4 is 0 Å². The van der Waals surface area contributed by atoms with Crippen molar-refractivity contribution in [2.45, 2.75) is 46.3 Å². The number of benzene rings is 1. The fourth-order valence-corrected chi connectivity index (χ4v) is 2.36. The monoisotopic (exact) mass is 280 g/mol. The normalized spacial score (nSPS) is 11.6. The van der Waals surface area contributed by atoms with Crippen molar-refractivity contribution in [3.8, 4) is 11.5 Å². The van der Waals surface area contributed by atoms with Gasteiger partial charge < -0.3 is 15.2 Å². The molecule has 0 radical (unpaired) electrons. The number of aromatic hydroxyl groups is 1. The summed E-state index contributed by atoms with van der Waals surface area (Å²) in [7, 11) is 1.60. The first kappa shape index (κ1) is 16.8. The Morgan fingerprint density at radius 3 is 2.35 bits per heavy atom. The molecule has 1 aromatic rings. The molecule has 0 atom stereocenters. The van der Waals surface area contributed by atoms with E-state index in [1.165, 1.54) is 0 Å². The smallest absolute Gasteiger partial charge is 0.123 e. The number of nitrogens with zero attached hydrogens (tertiary/aromatic N) is 1. The number of hydrogen-bond donors (Lipinski definition) is 2. The van der Waals surface area contributed by atoms with Gasteiger partial charge in [-0.05, 0) is 33.8 Å². The third-order valence-electron chi connectivity index (χ3n) is 3.48. The summed E-state index contributed by atoms with van der Waals surface area (Å²) < 4.78 is 5.07. The van der Waals surface area contributed by atoms with Crippen molar-refractivity contribution in [2.24, 2.45) is 0 Å². The Labute approximate surface area is 122 Å². The van der Waals surface area contributed by atoms with Crippen LogP contribution in [-0.2, 0) is 6.54 Å². The van der Waals surface area contributed by atoms with Crippen LogP contribution in [0.5, 0.6) is 11.5 Å². The van der Waals surface area contributed by atoms with Crippen LogP contribution in [0.2, 0.25) is 0 Å². The SMILES string of the molecule is COc1ccc(CNCCN(C(C)C)C(C)C)c(O)c1. The van der Waals surface area contributed by atoms with Crippen LogP contribution < -0.4 is 10.1 Å². The third-order valence-corrected chi connectivity index (χ3v) is 3.48. The van der Waals surface area contributed by atoms with Gasteiger partial charge in [0.2, 0.25) is 0 Å². The van der Waals surface area contributed by atoms with Crippen LogP contribution >= 0.6 is 0 Å². The maximum absolute atomic E-state index is 9.88. The summed E-state index contributed by atoms with van der Waals surface area (Å²) in [4.78, 5) is 2.45. The lowest BCUT2D eigenvalue weighted by Crippen LogP contribution is -2.41. The molecule has 0 bridgehead atoms. The Kier molecular flexibility index (Phi) is 6.82. The second-order valence-electron chi connectivity index (χ2n) is 5.60. The van der Waals surface area contributed by atoms with Gasteiger partial charge in [0, 0.05) is 43.3 Å². The fraction of sp³-hybridized carbons (Fsp3) is 0.625. The molecule has 0 saturated carbocycles. The van der Waals surface area contributed by atoms with Crippen LogP contribution in [0.1, 0.15) is 33.3 Å². The van der Waals surface area contributed by atoms with E-state index >= 15 is 0 Å². The summed E-state index contributed by atoms with van der Waals surface area (Å²) in [5.74, 6) is 0.957. The second kappa shape index (κ2) is 8.12. The second-order valence-corrected chi connectivity index (χ2v) is 5.60. The van der Waals surface area contributed by atoms with E-state index in [1.807, 2.05) is 12.1 Å². The molecule has 20 heavy (non-hydrogen) atoms. The molecule has 0 aliphatic heterocycles. The first-order valence-corrected chi connectivity index (χ1v) is 7.28. The zero-order valence-electron chi connectivity index (χ0n) is 13.3. The lowest BCUT2D eigenvalue weighted by molar-refractivity contribution is 0.175. The summed E-state index contributed by atoms with van der Waals surface area (Å²) in [5.41, 5.74) is 0.895. The van der Waals surface area contributed by atoms with Crippen molar-refractivity contribution < 1.29 is 9.84 Å². The first-order valence-electron chi connectivity index (χ1n) is 7.28. The molecule has 0 heterocycles. The van der Waals surface area contributed by atoms with Gasteiger partial charge in [-0.15, -0.1) is 0 Å². The summed E-state index contributed by atoms with van der Waals surface area (Å²) in [6, 6.07) is 6.50. The molecular formula is C16H28N2O2. The zero-order valence-corrected chi connectivity index (χ0v) is 13.3. The van der Waals surface area contributed by atoms with Gasteiger partial charge in [0.1, 0.15) is 11.5 Å². The molecule has 2 N–H and O–H groups in total. The zero-order chi connectivity index (χ0) is 15.1. The molecule has 4 nitrogen and oxygen atoms in total. The minimum Gasteiger partial charge on any atom is -0.507 e. The molecule has 0 spiro atoms. The number of ether oxygens (including phenoxy) is 1. The first-order chi connectivity index (χ1) is 9.45. The number of methoxy groups -OCH3 is 1. The van der Waals surface area contributed by atoms with Gasteiger partial charge in [0.15, 0.2) is 0 Å². The van der Waals surface area contributed by atoms with Crippen molar-refractivity contribution in [1.29, 1.82) is 0 Å². The van der Waals surface area contributed by atoms with Crippen LogP contribution in [0.25, 0.3) is 0 Å². The summed E-state index contributed by atoms with van der Waals surface area (Å²) in [6.07, 6.45) is 0. The lowest BCUT2D eigenvalue weighted by atomic mass is 10.2. The number of phenolic OH excluding ortho intramolecular Hbond substituents is 1. The highest BCUT2D eigenvalue weighted by Crippen LogP contribution is 2.22. The van der Waals surface area contributed by atoms with Crippen molar-refractivity contribution in [3.63, 3.8) is 0 Å². The number of phenols is 1. The van der Waals surface area contributed by atoms with E-state index in [0.29, 0.717) is 24.4 Å². The van der Waals surface area contributed by atoms with Crippen LogP contribution in [0, 0.1) is 0 Å². The van der Waals surface area contributed by atoms with Gasteiger partial charge in [0.05, 0.1) is 7.11 Å². The van der Waals surface area contributed by atoms with Crippen molar-refractivity contribution in [1.82, 2.24) is 10.2 Å². The summed E-state index contributed by atoms with van der Waals surface area (Å²) in [5, 5.41) is 13.3. The fourth-order valence-electron chi connectivity index (χ4n) is 2.36. The highest BCUT2D eigenvalue weighted by atomic mass is 16.5. The topological polar surface area (TPSA) is 44.7 Å². The minimum absolute atomic E-state index is 0.279. The Morgan fingerprint density at radius 2 is 1.85 bits per heavy atom. The molecule has 1 rings (SSSR count). The Bertz CT molecular complexity index is 397. The predicted molar refractivity (Wildman–Crippen MR) is 83.3 cm³/mol. The molecule has 114 valence electrons. The van der Waals surface area contributed by atoms with Crippen molar-refractivity contribution in [2.75, 3.05) is 20.2 Å². The Hall–Kier alpha value is -1.26. The van der Waals surface area contributed by atoms with Crippen LogP contribution in [0.4, 0.5) is 0 Å². The molecule has 4 heteroatoms. The quantitative estimate of drug-likeness (QED) is 0.719. The summed E-state index contributed by atoms with van der Waals surface area (Å²) in [6.45, 7) is 11.4. The van der Waals surface area contributed by atoms with E-state index in [1.54, 1.807) is 13.2 Å². The van der Waals surface area contributed by atoms with Gasteiger partial charge in [-0.25, -0.2) is 0 Å². The van der Waals surface area contributed by atoms with Gasteiger partial charge in [0.25, 0.3) is 0 Å². The average Bonchev–Trinajstić information content (AvgIpc) is 2.39. The molecule has 0 amide bonds. The Balaban J connectivity index is 2.41. The van der Waals surface area contributed by atoms with E-state index in [9.17, 15) is 5.11 Å². The summed E-state index contributed by atoms with van der Waals surface area (Å²) >= 11 is 0. The predicted octanol–water partition coefficient (Wildman–Crippen LogP) is 2.61. The van der Waals surface area contributed by atoms with E-state index in [4.69, 9.17) is 4.74 Å². The molecule has 1 aromatic carbocycles. The molecule has 0 aliphatic rings. The molecule has 0 unspecified atom stereocenters. The number of nitrogens with one attached hydrogen (secondary N) is 1. The van der Waals surface area contributed by atoms with Crippen LogP contribution in [0.3, 0.4) is 0 Å². The molecule has 0 fully saturated rings. The molecule has 0 aromatic heterocycles. The average molecular weight is 280 g/mol. The van der Waals surface area contributed by atoms with Gasteiger partial charge in [-0.3, -0.25) is 4.90 Å². The molecule has 0 aliphatic carbocycles. The third kappa shape index (κ3) is 5.02. The number of rotatable bonds is 8. The van der Waals surface area contributed by atoms with E-state index in [-0.39, 0.29) is 5.75 Å². The van der Waals surface area contributed by atoms with E-state index < -0.39 is 0 Å². The maximum atomic E-state index is 9.88. The largest absolute Gasteiger partial charge is 0.507 e. The van der Waals surface area contributed by atoms with Gasteiger partial charge in [-0.1, -0.05) is 6.07 Å². The molecule has 0 saturated heterocycles. The highest BCUT2D eigenvalue weighted by Gasteiger charge is 2.12. The van der Waals surface area contributed by atoms with E-state index in [0.717, 1.165) is 18.7 Å². The molecular weight excluding hydrogens is 252 g/mol. The van der Waals surface area contributed by atoms with Crippen molar-refractivity contribution in [3.05, 3.63) is 23.8 Å². The standard InChI is InChI=1S/C16H28N2O2/c1-12(2)18(13(3)4)9-8-17-11-14-6-7-15(20-5)10-16(14)19/h6-7,10,12-13,17,19H,8-9,11H2,1-5H3.